The molecule has 0 spiro atoms. The molecule has 2 aromatic rings. The number of amides is 1. The summed E-state index contributed by atoms with van der Waals surface area (Å²) in [7, 11) is 0. The van der Waals surface area contributed by atoms with Gasteiger partial charge in [-0.15, -0.1) is 0 Å². The van der Waals surface area contributed by atoms with Crippen LogP contribution in [0.3, 0.4) is 0 Å². The number of anilines is 1. The van der Waals surface area contributed by atoms with Gasteiger partial charge >= 0.3 is 0 Å². The van der Waals surface area contributed by atoms with Gasteiger partial charge in [0.15, 0.2) is 5.92 Å². The average Bonchev–Trinajstić information content (AvgIpc) is 2.61. The third kappa shape index (κ3) is 3.15. The molecule has 0 aliphatic carbocycles. The molecule has 0 bridgehead atoms. The molecule has 1 aliphatic heterocycles. The molecule has 1 unspecified atom stereocenters. The third-order valence-corrected chi connectivity index (χ3v) is 4.35. The van der Waals surface area contributed by atoms with Gasteiger partial charge in [0.25, 0.3) is 5.91 Å². The van der Waals surface area contributed by atoms with E-state index in [1.54, 1.807) is 48.5 Å². The topological polar surface area (TPSA) is 91.8 Å². The Balaban J connectivity index is 2.11. The molecule has 2 aromatic carbocycles. The van der Waals surface area contributed by atoms with Crippen molar-refractivity contribution < 1.29 is 4.79 Å². The van der Waals surface area contributed by atoms with Crippen molar-refractivity contribution in [3.63, 3.8) is 0 Å². The summed E-state index contributed by atoms with van der Waals surface area (Å²) in [6.07, 6.45) is 1.63. The maximum Gasteiger partial charge on any atom is 0.256 e. The van der Waals surface area contributed by atoms with E-state index >= 15 is 0 Å². The number of hydrogen-bond donors (Lipinski definition) is 2. The lowest BCUT2D eigenvalue weighted by Crippen LogP contribution is -2.50. The highest BCUT2D eigenvalue weighted by Gasteiger charge is 2.40. The fourth-order valence-corrected chi connectivity index (χ4v) is 2.91. The highest BCUT2D eigenvalue weighted by Crippen LogP contribution is 2.28. The minimum atomic E-state index is -1.25. The number of hydrogen-bond acceptors (Lipinski definition) is 4. The fraction of sp³-hybridized carbons (Fsp3) is 0.100. The second-order valence-electron chi connectivity index (χ2n) is 5.95. The van der Waals surface area contributed by atoms with Crippen LogP contribution in [0.5, 0.6) is 0 Å². The first-order valence-corrected chi connectivity index (χ1v) is 8.25. The predicted octanol–water partition coefficient (Wildman–Crippen LogP) is 4.22. The lowest BCUT2D eigenvalue weighted by Gasteiger charge is -2.32. The van der Waals surface area contributed by atoms with E-state index in [0.29, 0.717) is 10.7 Å². The van der Waals surface area contributed by atoms with Gasteiger partial charge in [0.1, 0.15) is 5.84 Å². The summed E-state index contributed by atoms with van der Waals surface area (Å²) in [5, 5.41) is 26.7. The summed E-state index contributed by atoms with van der Waals surface area (Å²) < 4.78 is 0. The minimum Gasteiger partial charge on any atom is -0.303 e. The van der Waals surface area contributed by atoms with Gasteiger partial charge in [-0.05, 0) is 48.4 Å². The molecule has 1 saturated heterocycles. The van der Waals surface area contributed by atoms with Gasteiger partial charge in [-0.1, -0.05) is 35.9 Å². The SMILES string of the molecule is Cc1cccc(N2C(=N)/C(=C/c3ccc(Cl)cc3)C(=N)C(C#N)C2=O)c1. The third-order valence-electron chi connectivity index (χ3n) is 4.09. The largest absolute Gasteiger partial charge is 0.303 e. The number of nitriles is 1. The number of aryl methyl sites for hydroxylation is 1. The molecular formula is C20H15ClN4O. The molecular weight excluding hydrogens is 348 g/mol. The van der Waals surface area contributed by atoms with Crippen LogP contribution >= 0.6 is 11.6 Å². The number of amidine groups is 1. The van der Waals surface area contributed by atoms with Gasteiger partial charge in [0.05, 0.1) is 17.5 Å². The van der Waals surface area contributed by atoms with Gasteiger partial charge in [-0.2, -0.15) is 5.26 Å². The maximum atomic E-state index is 12.7. The summed E-state index contributed by atoms with van der Waals surface area (Å²) in [6.45, 7) is 1.88. The average molecular weight is 363 g/mol. The first kappa shape index (κ1) is 17.6. The zero-order chi connectivity index (χ0) is 18.8. The number of nitrogens with one attached hydrogen (secondary N) is 2. The molecule has 1 amide bonds. The Labute approximate surface area is 156 Å². The number of rotatable bonds is 2. The lowest BCUT2D eigenvalue weighted by atomic mass is 9.89. The van der Waals surface area contributed by atoms with Crippen molar-refractivity contribution in [3.05, 3.63) is 70.3 Å². The fourth-order valence-electron chi connectivity index (χ4n) is 2.78. The van der Waals surface area contributed by atoms with Gasteiger partial charge < -0.3 is 5.41 Å². The summed E-state index contributed by atoms with van der Waals surface area (Å²) in [5.41, 5.74) is 2.24. The second kappa shape index (κ2) is 6.95. The monoisotopic (exact) mass is 362 g/mol. The van der Waals surface area contributed by atoms with Crippen LogP contribution < -0.4 is 4.90 Å². The van der Waals surface area contributed by atoms with Crippen molar-refractivity contribution in [2.45, 2.75) is 6.92 Å². The van der Waals surface area contributed by atoms with E-state index in [1.807, 2.05) is 19.1 Å². The molecule has 3 rings (SSSR count). The van der Waals surface area contributed by atoms with Gasteiger partial charge in [-0.3, -0.25) is 15.1 Å². The van der Waals surface area contributed by atoms with E-state index < -0.39 is 11.8 Å². The Hall–Kier alpha value is -3.23. The summed E-state index contributed by atoms with van der Waals surface area (Å²) in [6, 6.07) is 16.0. The van der Waals surface area contributed by atoms with Gasteiger partial charge in [0, 0.05) is 10.6 Å². The number of piperidine rings is 1. The standard InChI is InChI=1S/C20H15ClN4O/c1-12-3-2-4-15(9-12)25-19(24)16(18(23)17(11-22)20(25)26)10-13-5-7-14(21)8-6-13/h2-10,17,23-24H,1H3/b16-10+,23-18?,24-19?. The Morgan fingerprint density at radius 2 is 1.88 bits per heavy atom. The summed E-state index contributed by atoms with van der Waals surface area (Å²) in [5.74, 6) is -1.95. The highest BCUT2D eigenvalue weighted by atomic mass is 35.5. The smallest absolute Gasteiger partial charge is 0.256 e. The Kier molecular flexibility index (Phi) is 4.70. The van der Waals surface area contributed by atoms with Crippen molar-refractivity contribution >= 4 is 40.8 Å². The van der Waals surface area contributed by atoms with Crippen LogP contribution in [0.1, 0.15) is 11.1 Å². The van der Waals surface area contributed by atoms with Gasteiger partial charge in [0.2, 0.25) is 0 Å². The van der Waals surface area contributed by atoms with Crippen LogP contribution in [0.25, 0.3) is 6.08 Å². The number of halogens is 1. The molecule has 5 nitrogen and oxygen atoms in total. The van der Waals surface area contributed by atoms with Crippen LogP contribution in [0.2, 0.25) is 5.02 Å². The van der Waals surface area contributed by atoms with Crippen LogP contribution in [-0.4, -0.2) is 17.5 Å². The van der Waals surface area contributed by atoms with E-state index in [1.165, 1.54) is 4.90 Å². The highest BCUT2D eigenvalue weighted by molar-refractivity contribution is 6.43. The van der Waals surface area contributed by atoms with Crippen molar-refractivity contribution in [1.82, 2.24) is 0 Å². The summed E-state index contributed by atoms with van der Waals surface area (Å²) >= 11 is 5.89. The zero-order valence-electron chi connectivity index (χ0n) is 14.0. The normalized spacial score (nSPS) is 19.0. The lowest BCUT2D eigenvalue weighted by molar-refractivity contribution is -0.118. The van der Waals surface area contributed by atoms with Crippen LogP contribution in [0, 0.1) is 35.0 Å². The van der Waals surface area contributed by atoms with Crippen molar-refractivity contribution in [3.8, 4) is 6.07 Å². The number of carbonyl (C=O) groups is 1. The van der Waals surface area contributed by atoms with Crippen molar-refractivity contribution in [2.75, 3.05) is 4.90 Å². The molecule has 6 heteroatoms. The van der Waals surface area contributed by atoms with E-state index in [2.05, 4.69) is 0 Å². The quantitative estimate of drug-likeness (QED) is 0.837. The Morgan fingerprint density at radius 3 is 2.50 bits per heavy atom. The number of benzene rings is 2. The van der Waals surface area contributed by atoms with Crippen LogP contribution in [0.15, 0.2) is 54.1 Å². The molecule has 128 valence electrons. The van der Waals surface area contributed by atoms with Crippen molar-refractivity contribution in [2.24, 2.45) is 5.92 Å². The molecule has 0 aromatic heterocycles. The molecule has 26 heavy (non-hydrogen) atoms. The zero-order valence-corrected chi connectivity index (χ0v) is 14.7. The Morgan fingerprint density at radius 1 is 1.19 bits per heavy atom. The van der Waals surface area contributed by atoms with E-state index in [0.717, 1.165) is 11.1 Å². The predicted molar refractivity (Wildman–Crippen MR) is 103 cm³/mol. The first-order chi connectivity index (χ1) is 12.4. The van der Waals surface area contributed by atoms with Crippen LogP contribution in [0.4, 0.5) is 5.69 Å². The van der Waals surface area contributed by atoms with E-state index in [4.69, 9.17) is 22.4 Å². The van der Waals surface area contributed by atoms with E-state index in [9.17, 15) is 10.1 Å². The molecule has 0 radical (unpaired) electrons. The molecule has 1 fully saturated rings. The molecule has 0 saturated carbocycles. The van der Waals surface area contributed by atoms with Gasteiger partial charge in [-0.25, -0.2) is 0 Å². The summed E-state index contributed by atoms with van der Waals surface area (Å²) in [4.78, 5) is 13.9. The molecule has 1 atom stereocenters. The second-order valence-corrected chi connectivity index (χ2v) is 6.38. The minimum absolute atomic E-state index is 0.118. The molecule has 2 N–H and O–H groups in total. The van der Waals surface area contributed by atoms with E-state index in [-0.39, 0.29) is 17.1 Å². The van der Waals surface area contributed by atoms with Crippen LogP contribution in [-0.2, 0) is 4.79 Å². The first-order valence-electron chi connectivity index (χ1n) is 7.87. The molecule has 1 aliphatic rings. The molecule has 1 heterocycles. The Bertz CT molecular complexity index is 986. The number of carbonyl (C=O) groups excluding carboxylic acids is 1. The maximum absolute atomic E-state index is 12.7. The van der Waals surface area contributed by atoms with Crippen molar-refractivity contribution in [1.29, 1.82) is 16.1 Å². The number of nitrogens with zero attached hydrogens (tertiary/aromatic N) is 2.